The van der Waals surface area contributed by atoms with Gasteiger partial charge < -0.3 is 10.0 Å². The van der Waals surface area contributed by atoms with Gasteiger partial charge >= 0.3 is 0 Å². The van der Waals surface area contributed by atoms with E-state index in [0.29, 0.717) is 5.15 Å². The van der Waals surface area contributed by atoms with E-state index in [0.717, 1.165) is 42.5 Å². The van der Waals surface area contributed by atoms with Crippen LogP contribution in [0.2, 0.25) is 5.15 Å². The van der Waals surface area contributed by atoms with E-state index >= 15 is 0 Å². The fraction of sp³-hybridized carbons (Fsp3) is 0.429. The van der Waals surface area contributed by atoms with Gasteiger partial charge in [-0.05, 0) is 19.8 Å². The Labute approximate surface area is 117 Å². The highest BCUT2D eigenvalue weighted by Gasteiger charge is 2.28. The second-order valence-corrected chi connectivity index (χ2v) is 5.70. The molecular weight excluding hydrogens is 262 g/mol. The lowest BCUT2D eigenvalue weighted by atomic mass is 9.94. The molecule has 100 valence electrons. The van der Waals surface area contributed by atoms with Crippen LogP contribution in [-0.2, 0) is 0 Å². The van der Waals surface area contributed by atoms with Gasteiger partial charge in [-0.3, -0.25) is 0 Å². The van der Waals surface area contributed by atoms with Crippen molar-refractivity contribution in [1.82, 2.24) is 10.2 Å². The number of nitrogens with zero attached hydrogens (tertiary/aromatic N) is 3. The first-order chi connectivity index (χ1) is 9.07. The minimum atomic E-state index is -0.563. The maximum absolute atomic E-state index is 10.0. The molecule has 0 atom stereocenters. The number of aliphatic hydroxyl groups is 1. The summed E-state index contributed by atoms with van der Waals surface area (Å²) in [4.78, 5) is 2.17. The second-order valence-electron chi connectivity index (χ2n) is 5.34. The Morgan fingerprint density at radius 2 is 1.79 bits per heavy atom. The summed E-state index contributed by atoms with van der Waals surface area (Å²) in [5.41, 5.74) is -0.563. The summed E-state index contributed by atoms with van der Waals surface area (Å²) in [6, 6.07) is 7.89. The SMILES string of the molecule is CC1(O)CCN(c2nnc(Cl)c3ccccc23)CC1. The van der Waals surface area contributed by atoms with Crippen molar-refractivity contribution in [2.75, 3.05) is 18.0 Å². The van der Waals surface area contributed by atoms with Gasteiger partial charge in [0.1, 0.15) is 0 Å². The molecule has 3 rings (SSSR count). The lowest BCUT2D eigenvalue weighted by Crippen LogP contribution is -2.42. The van der Waals surface area contributed by atoms with E-state index in [1.807, 2.05) is 31.2 Å². The van der Waals surface area contributed by atoms with Crippen LogP contribution in [0, 0.1) is 0 Å². The van der Waals surface area contributed by atoms with Gasteiger partial charge in [-0.15, -0.1) is 10.2 Å². The number of halogens is 1. The highest BCUT2D eigenvalue weighted by molar-refractivity contribution is 6.34. The van der Waals surface area contributed by atoms with Crippen LogP contribution in [0.1, 0.15) is 19.8 Å². The molecule has 1 aliphatic heterocycles. The van der Waals surface area contributed by atoms with Crippen molar-refractivity contribution in [2.24, 2.45) is 0 Å². The molecule has 1 aromatic carbocycles. The van der Waals surface area contributed by atoms with E-state index < -0.39 is 5.60 Å². The number of hydrogen-bond acceptors (Lipinski definition) is 4. The predicted molar refractivity (Wildman–Crippen MR) is 76.6 cm³/mol. The number of piperidine rings is 1. The van der Waals surface area contributed by atoms with Crippen LogP contribution >= 0.6 is 11.6 Å². The molecule has 0 amide bonds. The number of fused-ring (bicyclic) bond motifs is 1. The predicted octanol–water partition coefficient (Wildman–Crippen LogP) is 2.63. The van der Waals surface area contributed by atoms with Gasteiger partial charge in [0.2, 0.25) is 0 Å². The molecular formula is C14H16ClN3O. The number of hydrogen-bond donors (Lipinski definition) is 1. The van der Waals surface area contributed by atoms with Gasteiger partial charge in [0.05, 0.1) is 5.60 Å². The smallest absolute Gasteiger partial charge is 0.159 e. The summed E-state index contributed by atoms with van der Waals surface area (Å²) in [6.07, 6.45) is 1.48. The minimum absolute atomic E-state index is 0.434. The Kier molecular flexibility index (Phi) is 3.07. The van der Waals surface area contributed by atoms with Crippen molar-refractivity contribution in [3.8, 4) is 0 Å². The quantitative estimate of drug-likeness (QED) is 0.871. The van der Waals surface area contributed by atoms with E-state index in [-0.39, 0.29) is 0 Å². The minimum Gasteiger partial charge on any atom is -0.390 e. The Balaban J connectivity index is 2.00. The van der Waals surface area contributed by atoms with Crippen molar-refractivity contribution in [1.29, 1.82) is 0 Å². The molecule has 1 N–H and O–H groups in total. The number of anilines is 1. The van der Waals surface area contributed by atoms with Gasteiger partial charge in [0.15, 0.2) is 11.0 Å². The van der Waals surface area contributed by atoms with E-state index in [9.17, 15) is 5.11 Å². The van der Waals surface area contributed by atoms with Crippen molar-refractivity contribution >= 4 is 28.2 Å². The normalized spacial score (nSPS) is 18.8. The number of benzene rings is 1. The second kappa shape index (κ2) is 4.62. The van der Waals surface area contributed by atoms with E-state index in [1.54, 1.807) is 0 Å². The molecule has 1 fully saturated rings. The molecule has 0 radical (unpaired) electrons. The van der Waals surface area contributed by atoms with Gasteiger partial charge in [-0.1, -0.05) is 35.9 Å². The van der Waals surface area contributed by atoms with E-state index in [1.165, 1.54) is 0 Å². The van der Waals surface area contributed by atoms with Crippen molar-refractivity contribution in [3.05, 3.63) is 29.4 Å². The molecule has 0 saturated carbocycles. The van der Waals surface area contributed by atoms with Crippen molar-refractivity contribution in [3.63, 3.8) is 0 Å². The summed E-state index contributed by atoms with van der Waals surface area (Å²) in [5, 5.41) is 20.7. The van der Waals surface area contributed by atoms with Gasteiger partial charge in [-0.25, -0.2) is 0 Å². The Bertz CT molecular complexity index is 605. The molecule has 0 bridgehead atoms. The first kappa shape index (κ1) is 12.6. The lowest BCUT2D eigenvalue weighted by molar-refractivity contribution is 0.0350. The van der Waals surface area contributed by atoms with Crippen molar-refractivity contribution in [2.45, 2.75) is 25.4 Å². The van der Waals surface area contributed by atoms with E-state index in [2.05, 4.69) is 15.1 Å². The van der Waals surface area contributed by atoms with Crippen LogP contribution < -0.4 is 4.90 Å². The van der Waals surface area contributed by atoms with E-state index in [4.69, 9.17) is 11.6 Å². The molecule has 2 heterocycles. The molecule has 4 nitrogen and oxygen atoms in total. The number of rotatable bonds is 1. The zero-order valence-electron chi connectivity index (χ0n) is 10.8. The van der Waals surface area contributed by atoms with Crippen molar-refractivity contribution < 1.29 is 5.11 Å². The van der Waals surface area contributed by atoms with Crippen LogP contribution in [-0.4, -0.2) is 34.0 Å². The average Bonchev–Trinajstić information content (AvgIpc) is 2.40. The van der Waals surface area contributed by atoms with Gasteiger partial charge in [0, 0.05) is 23.9 Å². The lowest BCUT2D eigenvalue weighted by Gasteiger charge is -2.36. The third-order valence-electron chi connectivity index (χ3n) is 3.76. The summed E-state index contributed by atoms with van der Waals surface area (Å²) < 4.78 is 0. The fourth-order valence-electron chi connectivity index (χ4n) is 2.49. The van der Waals surface area contributed by atoms with Gasteiger partial charge in [0.25, 0.3) is 0 Å². The van der Waals surface area contributed by atoms with Crippen LogP contribution in [0.5, 0.6) is 0 Å². The summed E-state index contributed by atoms with van der Waals surface area (Å²) in [6.45, 7) is 3.45. The third-order valence-corrected chi connectivity index (χ3v) is 4.04. The molecule has 5 heteroatoms. The topological polar surface area (TPSA) is 49.2 Å². The molecule has 0 spiro atoms. The zero-order chi connectivity index (χ0) is 13.5. The molecule has 0 unspecified atom stereocenters. The van der Waals surface area contributed by atoms with Crippen LogP contribution in [0.15, 0.2) is 24.3 Å². The van der Waals surface area contributed by atoms with Gasteiger partial charge in [-0.2, -0.15) is 0 Å². The van der Waals surface area contributed by atoms with Crippen LogP contribution in [0.3, 0.4) is 0 Å². The van der Waals surface area contributed by atoms with Crippen LogP contribution in [0.25, 0.3) is 10.8 Å². The zero-order valence-corrected chi connectivity index (χ0v) is 11.6. The fourth-order valence-corrected chi connectivity index (χ4v) is 2.69. The standard InChI is InChI=1S/C14H16ClN3O/c1-14(19)6-8-18(9-7-14)13-11-5-3-2-4-10(11)12(15)16-17-13/h2-5,19H,6-9H2,1H3. The average molecular weight is 278 g/mol. The number of aromatic nitrogens is 2. The Morgan fingerprint density at radius 1 is 1.16 bits per heavy atom. The summed E-state index contributed by atoms with van der Waals surface area (Å²) in [7, 11) is 0. The molecule has 1 saturated heterocycles. The summed E-state index contributed by atoms with van der Waals surface area (Å²) >= 11 is 6.08. The molecule has 1 aromatic heterocycles. The molecule has 2 aromatic rings. The molecule has 1 aliphatic rings. The van der Waals surface area contributed by atoms with Crippen LogP contribution in [0.4, 0.5) is 5.82 Å². The third kappa shape index (κ3) is 2.38. The Hall–Kier alpha value is -1.39. The maximum atomic E-state index is 10.0. The first-order valence-electron chi connectivity index (χ1n) is 6.45. The highest BCUT2D eigenvalue weighted by atomic mass is 35.5. The maximum Gasteiger partial charge on any atom is 0.159 e. The Morgan fingerprint density at radius 3 is 2.47 bits per heavy atom. The molecule has 19 heavy (non-hydrogen) atoms. The largest absolute Gasteiger partial charge is 0.390 e. The molecule has 0 aliphatic carbocycles. The highest BCUT2D eigenvalue weighted by Crippen LogP contribution is 2.31. The first-order valence-corrected chi connectivity index (χ1v) is 6.83. The monoisotopic (exact) mass is 277 g/mol. The summed E-state index contributed by atoms with van der Waals surface area (Å²) in [5.74, 6) is 0.857.